The fraction of sp³-hybridized carbons (Fsp3) is 1.00. The summed E-state index contributed by atoms with van der Waals surface area (Å²) < 4.78 is 0. The van der Waals surface area contributed by atoms with Crippen LogP contribution < -0.4 is 0 Å². The van der Waals surface area contributed by atoms with Gasteiger partial charge in [0, 0.05) is 38.8 Å². The summed E-state index contributed by atoms with van der Waals surface area (Å²) in [6.07, 6.45) is 8.68. The van der Waals surface area contributed by atoms with Gasteiger partial charge in [-0.25, -0.2) is 0 Å². The third-order valence-corrected chi connectivity index (χ3v) is 4.38. The lowest BCUT2D eigenvalue weighted by atomic mass is 9.89. The smallest absolute Gasteiger partial charge is 0.0113 e. The van der Waals surface area contributed by atoms with Gasteiger partial charge in [-0.15, -0.1) is 0 Å². The molecule has 1 heterocycles. The Balaban J connectivity index is 0.000000550. The first-order chi connectivity index (χ1) is 9.17. The van der Waals surface area contributed by atoms with E-state index in [0.717, 1.165) is 12.0 Å². The number of hydrogen-bond donors (Lipinski definition) is 0. The van der Waals surface area contributed by atoms with Gasteiger partial charge in [0.1, 0.15) is 0 Å². The zero-order chi connectivity index (χ0) is 14.1. The number of nitrogens with zero attached hydrogens (tertiary/aromatic N) is 2. The molecule has 0 aromatic carbocycles. The van der Waals surface area contributed by atoms with Crippen LogP contribution in [0.15, 0.2) is 0 Å². The molecule has 0 spiro atoms. The minimum atomic E-state index is 0.733. The maximum absolute atomic E-state index is 2.70. The van der Waals surface area contributed by atoms with Crippen molar-refractivity contribution in [3.63, 3.8) is 0 Å². The highest BCUT2D eigenvalue weighted by molar-refractivity contribution is 4.77. The van der Waals surface area contributed by atoms with Crippen molar-refractivity contribution >= 4 is 0 Å². The Morgan fingerprint density at radius 1 is 0.895 bits per heavy atom. The summed E-state index contributed by atoms with van der Waals surface area (Å²) in [4.78, 5) is 5.31. The van der Waals surface area contributed by atoms with Crippen LogP contribution in [0.4, 0.5) is 0 Å². The molecule has 2 heteroatoms. The van der Waals surface area contributed by atoms with Crippen molar-refractivity contribution in [2.75, 3.05) is 32.7 Å². The molecule has 0 atom stereocenters. The monoisotopic (exact) mass is 268 g/mol. The largest absolute Gasteiger partial charge is 0.301 e. The molecule has 114 valence electrons. The third kappa shape index (κ3) is 6.76. The lowest BCUT2D eigenvalue weighted by Crippen LogP contribution is -2.49. The Kier molecular flexibility index (Phi) is 8.72. The minimum absolute atomic E-state index is 0.733. The van der Waals surface area contributed by atoms with E-state index in [4.69, 9.17) is 0 Å². The van der Waals surface area contributed by atoms with E-state index in [1.54, 1.807) is 0 Å². The maximum Gasteiger partial charge on any atom is 0.0113 e. The van der Waals surface area contributed by atoms with Crippen LogP contribution in [0.1, 0.15) is 66.2 Å². The fourth-order valence-electron chi connectivity index (χ4n) is 3.20. The highest BCUT2D eigenvalue weighted by atomic mass is 15.3. The first kappa shape index (κ1) is 17.0. The lowest BCUT2D eigenvalue weighted by Gasteiger charge is -2.38. The molecule has 1 aliphatic heterocycles. The van der Waals surface area contributed by atoms with Gasteiger partial charge in [-0.05, 0) is 32.6 Å². The summed E-state index contributed by atoms with van der Waals surface area (Å²) in [6, 6.07) is 0.733. The maximum atomic E-state index is 2.70. The number of rotatable bonds is 3. The summed E-state index contributed by atoms with van der Waals surface area (Å²) >= 11 is 0. The first-order valence-electron chi connectivity index (χ1n) is 8.63. The molecule has 0 aromatic rings. The molecule has 19 heavy (non-hydrogen) atoms. The molecule has 1 saturated heterocycles. The van der Waals surface area contributed by atoms with Crippen molar-refractivity contribution in [3.05, 3.63) is 0 Å². The van der Waals surface area contributed by atoms with Crippen LogP contribution in [0.3, 0.4) is 0 Å². The van der Waals surface area contributed by atoms with E-state index in [9.17, 15) is 0 Å². The van der Waals surface area contributed by atoms with E-state index in [1.807, 2.05) is 0 Å². The Labute approximate surface area is 121 Å². The summed E-state index contributed by atoms with van der Waals surface area (Å²) in [5, 5.41) is 0. The highest BCUT2D eigenvalue weighted by Crippen LogP contribution is 2.24. The number of hydrogen-bond acceptors (Lipinski definition) is 2. The van der Waals surface area contributed by atoms with Crippen LogP contribution >= 0.6 is 0 Å². The van der Waals surface area contributed by atoms with Gasteiger partial charge in [-0.2, -0.15) is 0 Å². The predicted octanol–water partition coefficient (Wildman–Crippen LogP) is 4.01. The van der Waals surface area contributed by atoms with Gasteiger partial charge in [0.2, 0.25) is 0 Å². The van der Waals surface area contributed by atoms with Gasteiger partial charge in [0.15, 0.2) is 0 Å². The zero-order valence-corrected chi connectivity index (χ0v) is 13.8. The van der Waals surface area contributed by atoms with Gasteiger partial charge < -0.3 is 4.90 Å². The second kappa shape index (κ2) is 9.77. The molecule has 1 aliphatic carbocycles. The molecule has 2 nitrogen and oxygen atoms in total. The van der Waals surface area contributed by atoms with Crippen molar-refractivity contribution in [3.8, 4) is 0 Å². The van der Waals surface area contributed by atoms with E-state index in [0.29, 0.717) is 0 Å². The Bertz CT molecular complexity index is 201. The van der Waals surface area contributed by atoms with E-state index < -0.39 is 0 Å². The van der Waals surface area contributed by atoms with Crippen molar-refractivity contribution < 1.29 is 0 Å². The van der Waals surface area contributed by atoms with Crippen LogP contribution in [0.2, 0.25) is 0 Å². The molecular formula is C17H36N2. The zero-order valence-electron chi connectivity index (χ0n) is 13.8. The van der Waals surface area contributed by atoms with E-state index >= 15 is 0 Å². The summed E-state index contributed by atoms with van der Waals surface area (Å²) in [5.74, 6) is 1.01. The van der Waals surface area contributed by atoms with Crippen LogP contribution in [0.25, 0.3) is 0 Å². The molecular weight excluding hydrogens is 232 g/mol. The highest BCUT2D eigenvalue weighted by Gasteiger charge is 2.22. The summed E-state index contributed by atoms with van der Waals surface area (Å²) in [7, 11) is 0. The van der Waals surface area contributed by atoms with Crippen molar-refractivity contribution in [1.29, 1.82) is 0 Å². The first-order valence-corrected chi connectivity index (χ1v) is 8.63. The summed E-state index contributed by atoms with van der Waals surface area (Å²) in [5.41, 5.74) is 0. The van der Waals surface area contributed by atoms with Gasteiger partial charge in [-0.3, -0.25) is 4.90 Å². The van der Waals surface area contributed by atoms with Crippen molar-refractivity contribution in [2.24, 2.45) is 5.92 Å². The molecule has 0 bridgehead atoms. The molecule has 2 aliphatic rings. The van der Waals surface area contributed by atoms with Gasteiger partial charge in [0.25, 0.3) is 0 Å². The SMILES string of the molecule is CC(C)N1CCN(CC2CCCCC2)CC1.CCC. The van der Waals surface area contributed by atoms with Crippen LogP contribution in [0, 0.1) is 5.92 Å². The summed E-state index contributed by atoms with van der Waals surface area (Å²) in [6.45, 7) is 15.4. The molecule has 0 N–H and O–H groups in total. The van der Waals surface area contributed by atoms with E-state index in [-0.39, 0.29) is 0 Å². The molecule has 0 amide bonds. The average Bonchev–Trinajstić information content (AvgIpc) is 2.41. The Hall–Kier alpha value is -0.0800. The van der Waals surface area contributed by atoms with Gasteiger partial charge >= 0.3 is 0 Å². The Morgan fingerprint density at radius 2 is 1.42 bits per heavy atom. The molecule has 2 rings (SSSR count). The second-order valence-electron chi connectivity index (χ2n) is 6.64. The van der Waals surface area contributed by atoms with Gasteiger partial charge in [-0.1, -0.05) is 39.5 Å². The van der Waals surface area contributed by atoms with Gasteiger partial charge in [0.05, 0.1) is 0 Å². The third-order valence-electron chi connectivity index (χ3n) is 4.38. The quantitative estimate of drug-likeness (QED) is 0.763. The second-order valence-corrected chi connectivity index (χ2v) is 6.64. The average molecular weight is 268 g/mol. The molecule has 0 radical (unpaired) electrons. The topological polar surface area (TPSA) is 6.48 Å². The van der Waals surface area contributed by atoms with Crippen LogP contribution in [0.5, 0.6) is 0 Å². The normalized spacial score (nSPS) is 23.2. The van der Waals surface area contributed by atoms with Crippen LogP contribution in [-0.2, 0) is 0 Å². The fourth-order valence-corrected chi connectivity index (χ4v) is 3.20. The minimum Gasteiger partial charge on any atom is -0.301 e. The molecule has 0 aromatic heterocycles. The predicted molar refractivity (Wildman–Crippen MR) is 85.7 cm³/mol. The lowest BCUT2D eigenvalue weighted by molar-refractivity contribution is 0.0909. The van der Waals surface area contributed by atoms with Crippen molar-refractivity contribution in [2.45, 2.75) is 72.3 Å². The molecule has 0 unspecified atom stereocenters. The van der Waals surface area contributed by atoms with E-state index in [1.165, 1.54) is 71.2 Å². The standard InChI is InChI=1S/C14H28N2.C3H8/c1-13(2)16-10-8-15(9-11-16)12-14-6-4-3-5-7-14;1-3-2/h13-14H,3-12H2,1-2H3;3H2,1-2H3. The van der Waals surface area contributed by atoms with E-state index in [2.05, 4.69) is 37.5 Å². The number of piperazine rings is 1. The van der Waals surface area contributed by atoms with Crippen LogP contribution in [-0.4, -0.2) is 48.6 Å². The molecule has 2 fully saturated rings. The molecule has 1 saturated carbocycles. The van der Waals surface area contributed by atoms with Crippen molar-refractivity contribution in [1.82, 2.24) is 9.80 Å². The Morgan fingerprint density at radius 3 is 1.89 bits per heavy atom.